The number of rotatable bonds is 12. The smallest absolute Gasteiger partial charge is 0.186 e. The third kappa shape index (κ3) is 8.21. The lowest BCUT2D eigenvalue weighted by Gasteiger charge is -2.39. The summed E-state index contributed by atoms with van der Waals surface area (Å²) in [6, 6.07) is 24.0. The van der Waals surface area contributed by atoms with E-state index in [0.29, 0.717) is 0 Å². The Kier molecular flexibility index (Phi) is 8.89. The Morgan fingerprint density at radius 1 is 0.621 bits per heavy atom. The molecule has 0 radical (unpaired) electrons. The maximum absolute atomic E-state index is 6.66. The van der Waals surface area contributed by atoms with Crippen LogP contribution in [0.2, 0.25) is 38.3 Å². The highest BCUT2D eigenvalue weighted by Crippen LogP contribution is 2.32. The summed E-state index contributed by atoms with van der Waals surface area (Å²) in [6.07, 6.45) is 1.95. The molecule has 2 rings (SSSR count). The molecule has 0 aliphatic carbocycles. The molecule has 0 bridgehead atoms. The molecule has 0 atom stereocenters. The van der Waals surface area contributed by atoms with Crippen molar-refractivity contribution >= 4 is 16.6 Å². The first kappa shape index (κ1) is 24.1. The van der Waals surface area contributed by atoms with Crippen LogP contribution in [0, 0.1) is 5.41 Å². The van der Waals surface area contributed by atoms with Crippen LogP contribution >= 0.6 is 0 Å². The van der Waals surface area contributed by atoms with Gasteiger partial charge in [-0.15, -0.1) is 0 Å². The molecule has 0 unspecified atom stereocenters. The molecule has 0 N–H and O–H groups in total. The van der Waals surface area contributed by atoms with Gasteiger partial charge in [0, 0.05) is 18.6 Å². The minimum absolute atomic E-state index is 0.0540. The van der Waals surface area contributed by atoms with E-state index >= 15 is 0 Å². The fourth-order valence-electron chi connectivity index (χ4n) is 3.27. The van der Waals surface area contributed by atoms with E-state index in [0.717, 1.165) is 38.1 Å². The van der Waals surface area contributed by atoms with Gasteiger partial charge in [-0.2, -0.15) is 0 Å². The Morgan fingerprint density at radius 3 is 1.28 bits per heavy atom. The molecule has 29 heavy (non-hydrogen) atoms. The van der Waals surface area contributed by atoms with E-state index in [-0.39, 0.29) is 5.41 Å². The van der Waals surface area contributed by atoms with Crippen molar-refractivity contribution in [1.82, 2.24) is 0 Å². The van der Waals surface area contributed by atoms with Crippen molar-refractivity contribution in [1.29, 1.82) is 0 Å². The molecule has 2 nitrogen and oxygen atoms in total. The molecule has 0 aliphatic heterocycles. The normalized spacial score (nSPS) is 12.9. The van der Waals surface area contributed by atoms with Crippen LogP contribution in [0.15, 0.2) is 60.7 Å². The molecule has 0 amide bonds. The summed E-state index contributed by atoms with van der Waals surface area (Å²) < 4.78 is 13.3. The molecule has 4 heteroatoms. The van der Waals surface area contributed by atoms with Crippen molar-refractivity contribution < 1.29 is 8.85 Å². The van der Waals surface area contributed by atoms with Crippen molar-refractivity contribution in [3.63, 3.8) is 0 Å². The van der Waals surface area contributed by atoms with E-state index < -0.39 is 16.6 Å². The van der Waals surface area contributed by atoms with Gasteiger partial charge in [-0.1, -0.05) is 74.5 Å². The minimum Gasteiger partial charge on any atom is -0.417 e. The standard InChI is InChI=1S/C25H40O2Si2/c1-7-28(3,4)26-21-25(22-27-29(5,6)8-2,19-23-15-11-9-12-16-23)20-24-17-13-10-14-18-24/h9-18H,7-8,19-22H2,1-6H3. The predicted octanol–water partition coefficient (Wildman–Crippen LogP) is 6.94. The SMILES string of the molecule is CC[Si](C)(C)OCC(CO[Si](C)(C)CC)(Cc1ccccc1)Cc1ccccc1. The predicted molar refractivity (Wildman–Crippen MR) is 131 cm³/mol. The lowest BCUT2D eigenvalue weighted by molar-refractivity contribution is 0.0698. The van der Waals surface area contributed by atoms with Crippen LogP contribution in [0.25, 0.3) is 0 Å². The van der Waals surface area contributed by atoms with Crippen molar-refractivity contribution in [3.8, 4) is 0 Å². The van der Waals surface area contributed by atoms with Gasteiger partial charge in [0.15, 0.2) is 16.6 Å². The fourth-order valence-corrected chi connectivity index (χ4v) is 5.07. The Balaban J connectivity index is 2.37. The van der Waals surface area contributed by atoms with Crippen molar-refractivity contribution in [2.24, 2.45) is 5.41 Å². The summed E-state index contributed by atoms with van der Waals surface area (Å²) >= 11 is 0. The van der Waals surface area contributed by atoms with E-state index in [1.165, 1.54) is 11.1 Å². The largest absolute Gasteiger partial charge is 0.417 e. The Morgan fingerprint density at radius 2 is 0.966 bits per heavy atom. The Labute approximate surface area is 180 Å². The summed E-state index contributed by atoms with van der Waals surface area (Å²) in [4.78, 5) is 0. The summed E-state index contributed by atoms with van der Waals surface area (Å²) in [5, 5.41) is 0. The topological polar surface area (TPSA) is 18.5 Å². The van der Waals surface area contributed by atoms with Gasteiger partial charge in [-0.3, -0.25) is 0 Å². The molecule has 2 aromatic carbocycles. The van der Waals surface area contributed by atoms with Gasteiger partial charge in [0.05, 0.1) is 0 Å². The number of hydrogen-bond acceptors (Lipinski definition) is 2. The monoisotopic (exact) mass is 428 g/mol. The average molecular weight is 429 g/mol. The third-order valence-corrected chi connectivity index (χ3v) is 11.3. The molecule has 0 saturated carbocycles. The third-order valence-electron chi connectivity index (χ3n) is 6.08. The van der Waals surface area contributed by atoms with Gasteiger partial charge < -0.3 is 8.85 Å². The van der Waals surface area contributed by atoms with Gasteiger partial charge in [0.2, 0.25) is 0 Å². The molecular weight excluding hydrogens is 388 g/mol. The van der Waals surface area contributed by atoms with E-state index in [1.54, 1.807) is 0 Å². The second kappa shape index (κ2) is 10.7. The van der Waals surface area contributed by atoms with Crippen LogP contribution in [0.4, 0.5) is 0 Å². The average Bonchev–Trinajstić information content (AvgIpc) is 2.72. The lowest BCUT2D eigenvalue weighted by Crippen LogP contribution is -2.45. The quantitative estimate of drug-likeness (QED) is 0.341. The van der Waals surface area contributed by atoms with Crippen LogP contribution in [0.5, 0.6) is 0 Å². The van der Waals surface area contributed by atoms with Crippen LogP contribution in [0.1, 0.15) is 25.0 Å². The molecule has 0 saturated heterocycles. The molecule has 160 valence electrons. The summed E-state index contributed by atoms with van der Waals surface area (Å²) in [5.41, 5.74) is 2.67. The first-order valence-corrected chi connectivity index (χ1v) is 17.3. The second-order valence-electron chi connectivity index (χ2n) is 9.63. The zero-order valence-electron chi connectivity index (χ0n) is 19.3. The minimum atomic E-state index is -1.65. The molecule has 2 aromatic rings. The molecule has 0 heterocycles. The van der Waals surface area contributed by atoms with Crippen LogP contribution in [-0.2, 0) is 21.7 Å². The van der Waals surface area contributed by atoms with Crippen molar-refractivity contribution in [3.05, 3.63) is 71.8 Å². The summed E-state index contributed by atoms with van der Waals surface area (Å²) in [6.45, 7) is 15.3. The van der Waals surface area contributed by atoms with Crippen molar-refractivity contribution in [2.45, 2.75) is 65.0 Å². The van der Waals surface area contributed by atoms with Gasteiger partial charge in [0.1, 0.15) is 0 Å². The Bertz CT molecular complexity index is 651. The molecule has 0 fully saturated rings. The molecule has 0 aromatic heterocycles. The fraction of sp³-hybridized carbons (Fsp3) is 0.520. The van der Waals surface area contributed by atoms with Crippen LogP contribution in [-0.4, -0.2) is 29.8 Å². The van der Waals surface area contributed by atoms with E-state index in [9.17, 15) is 0 Å². The highest BCUT2D eigenvalue weighted by atomic mass is 28.4. The first-order valence-electron chi connectivity index (χ1n) is 11.0. The number of hydrogen-bond donors (Lipinski definition) is 0. The van der Waals surface area contributed by atoms with Gasteiger partial charge >= 0.3 is 0 Å². The summed E-state index contributed by atoms with van der Waals surface area (Å²) in [5.74, 6) is 0. The molecular formula is C25H40O2Si2. The van der Waals surface area contributed by atoms with Crippen LogP contribution in [0.3, 0.4) is 0 Å². The lowest BCUT2D eigenvalue weighted by atomic mass is 9.78. The van der Waals surface area contributed by atoms with E-state index in [1.807, 2.05) is 0 Å². The number of benzene rings is 2. The van der Waals surface area contributed by atoms with Gasteiger partial charge in [0.25, 0.3) is 0 Å². The second-order valence-corrected chi connectivity index (χ2v) is 18.7. The highest BCUT2D eigenvalue weighted by molar-refractivity contribution is 6.71. The zero-order valence-corrected chi connectivity index (χ0v) is 21.3. The maximum Gasteiger partial charge on any atom is 0.186 e. The maximum atomic E-state index is 6.66. The zero-order chi connectivity index (χ0) is 21.4. The van der Waals surface area contributed by atoms with Gasteiger partial charge in [-0.05, 0) is 62.2 Å². The van der Waals surface area contributed by atoms with E-state index in [4.69, 9.17) is 8.85 Å². The molecule has 0 spiro atoms. The van der Waals surface area contributed by atoms with Gasteiger partial charge in [-0.25, -0.2) is 0 Å². The Hall–Kier alpha value is -1.21. The highest BCUT2D eigenvalue weighted by Gasteiger charge is 2.36. The first-order chi connectivity index (χ1) is 13.7. The van der Waals surface area contributed by atoms with E-state index in [2.05, 4.69) is 101 Å². The summed E-state index contributed by atoms with van der Waals surface area (Å²) in [7, 11) is -3.30. The van der Waals surface area contributed by atoms with Crippen LogP contribution < -0.4 is 0 Å². The van der Waals surface area contributed by atoms with Crippen molar-refractivity contribution in [2.75, 3.05) is 13.2 Å². The molecule has 0 aliphatic rings.